The lowest BCUT2D eigenvalue weighted by Gasteiger charge is -2.22. The number of oxazole rings is 1. The van der Waals surface area contributed by atoms with Crippen LogP contribution in [0.5, 0.6) is 0 Å². The van der Waals surface area contributed by atoms with Crippen molar-refractivity contribution in [2.75, 3.05) is 30.4 Å². The van der Waals surface area contributed by atoms with Crippen molar-refractivity contribution < 1.29 is 18.7 Å². The van der Waals surface area contributed by atoms with Crippen LogP contribution in [0.15, 0.2) is 51.7 Å². The first kappa shape index (κ1) is 20.7. The number of ether oxygens (including phenoxy) is 1. The molecular weight excluding hydrogens is 398 g/mol. The van der Waals surface area contributed by atoms with Crippen LogP contribution in [0.25, 0.3) is 11.1 Å². The van der Waals surface area contributed by atoms with Crippen molar-refractivity contribution in [2.24, 2.45) is 0 Å². The number of hydrogen-bond acceptors (Lipinski definition) is 6. The number of hydrogen-bond donors (Lipinski definition) is 1. The third-order valence-electron chi connectivity index (χ3n) is 5.50. The SMILES string of the molecule is COC(=O)c1ccc(N2CCCC2)c(NC(=O)CCCn2c(=O)oc3ccccc32)c1. The summed E-state index contributed by atoms with van der Waals surface area (Å²) in [6.45, 7) is 2.21. The van der Waals surface area contributed by atoms with Crippen molar-refractivity contribution >= 4 is 34.4 Å². The normalized spacial score (nSPS) is 13.5. The van der Waals surface area contributed by atoms with E-state index in [2.05, 4.69) is 10.2 Å². The molecule has 0 unspecified atom stereocenters. The minimum atomic E-state index is -0.449. The summed E-state index contributed by atoms with van der Waals surface area (Å²) < 4.78 is 11.6. The summed E-state index contributed by atoms with van der Waals surface area (Å²) in [4.78, 5) is 38.9. The molecule has 1 aromatic heterocycles. The number of fused-ring (bicyclic) bond motifs is 1. The quantitative estimate of drug-likeness (QED) is 0.586. The predicted octanol–water partition coefficient (Wildman–Crippen LogP) is 3.40. The Bertz CT molecular complexity index is 1160. The maximum Gasteiger partial charge on any atom is 0.419 e. The van der Waals surface area contributed by atoms with Gasteiger partial charge in [-0.05, 0) is 49.6 Å². The topological polar surface area (TPSA) is 93.8 Å². The number of nitrogens with one attached hydrogen (secondary N) is 1. The lowest BCUT2D eigenvalue weighted by Crippen LogP contribution is -2.22. The molecule has 0 saturated carbocycles. The minimum absolute atomic E-state index is 0.177. The Balaban J connectivity index is 1.45. The number of esters is 1. The smallest absolute Gasteiger partial charge is 0.419 e. The van der Waals surface area contributed by atoms with Gasteiger partial charge in [-0.3, -0.25) is 9.36 Å². The Morgan fingerprint density at radius 3 is 2.68 bits per heavy atom. The van der Waals surface area contributed by atoms with Crippen LogP contribution in [0, 0.1) is 0 Å². The van der Waals surface area contributed by atoms with Crippen molar-refractivity contribution in [1.29, 1.82) is 0 Å². The van der Waals surface area contributed by atoms with Gasteiger partial charge in [0.15, 0.2) is 5.58 Å². The molecule has 1 fully saturated rings. The highest BCUT2D eigenvalue weighted by Gasteiger charge is 2.19. The summed E-state index contributed by atoms with van der Waals surface area (Å²) in [5.41, 5.74) is 3.13. The van der Waals surface area contributed by atoms with E-state index in [9.17, 15) is 14.4 Å². The second kappa shape index (κ2) is 9.07. The molecule has 1 saturated heterocycles. The van der Waals surface area contributed by atoms with E-state index in [1.165, 1.54) is 11.7 Å². The van der Waals surface area contributed by atoms with Gasteiger partial charge in [0.1, 0.15) is 0 Å². The number of rotatable bonds is 7. The van der Waals surface area contributed by atoms with E-state index in [-0.39, 0.29) is 12.3 Å². The zero-order chi connectivity index (χ0) is 21.8. The maximum absolute atomic E-state index is 12.7. The van der Waals surface area contributed by atoms with Crippen LogP contribution in [0.2, 0.25) is 0 Å². The highest BCUT2D eigenvalue weighted by atomic mass is 16.5. The molecule has 31 heavy (non-hydrogen) atoms. The summed E-state index contributed by atoms with van der Waals surface area (Å²) in [7, 11) is 1.33. The van der Waals surface area contributed by atoms with Gasteiger partial charge in [-0.1, -0.05) is 12.1 Å². The van der Waals surface area contributed by atoms with Gasteiger partial charge in [0.2, 0.25) is 5.91 Å². The molecule has 8 nitrogen and oxygen atoms in total. The Morgan fingerprint density at radius 2 is 1.90 bits per heavy atom. The third-order valence-corrected chi connectivity index (χ3v) is 5.50. The van der Waals surface area contributed by atoms with E-state index in [0.29, 0.717) is 29.8 Å². The van der Waals surface area contributed by atoms with Crippen LogP contribution in [0.3, 0.4) is 0 Å². The molecule has 0 aliphatic carbocycles. The number of para-hydroxylation sites is 2. The van der Waals surface area contributed by atoms with E-state index < -0.39 is 11.7 Å². The Hall–Kier alpha value is -3.55. The lowest BCUT2D eigenvalue weighted by molar-refractivity contribution is -0.116. The van der Waals surface area contributed by atoms with Gasteiger partial charge in [-0.25, -0.2) is 9.59 Å². The number of benzene rings is 2. The van der Waals surface area contributed by atoms with Crippen molar-refractivity contribution in [2.45, 2.75) is 32.2 Å². The molecule has 0 radical (unpaired) electrons. The molecular formula is C23H25N3O5. The summed E-state index contributed by atoms with van der Waals surface area (Å²) in [6.07, 6.45) is 2.90. The van der Waals surface area contributed by atoms with E-state index in [4.69, 9.17) is 9.15 Å². The van der Waals surface area contributed by atoms with Gasteiger partial charge in [0.25, 0.3) is 0 Å². The van der Waals surface area contributed by atoms with Crippen molar-refractivity contribution in [3.8, 4) is 0 Å². The average molecular weight is 423 g/mol. The predicted molar refractivity (Wildman–Crippen MR) is 118 cm³/mol. The molecule has 1 N–H and O–H groups in total. The standard InChI is InChI=1S/C23H25N3O5/c1-30-22(28)16-10-11-18(25-12-4-5-13-25)17(15-16)24-21(27)9-6-14-26-19-7-2-3-8-20(19)31-23(26)29/h2-3,7-8,10-11,15H,4-6,9,12-14H2,1H3,(H,24,27). The Kier molecular flexibility index (Phi) is 6.06. The molecule has 0 atom stereocenters. The number of amides is 1. The first-order valence-electron chi connectivity index (χ1n) is 10.4. The van der Waals surface area contributed by atoms with Gasteiger partial charge in [0, 0.05) is 26.1 Å². The van der Waals surface area contributed by atoms with E-state index in [0.717, 1.165) is 37.1 Å². The second-order valence-corrected chi connectivity index (χ2v) is 7.56. The van der Waals surface area contributed by atoms with E-state index in [1.807, 2.05) is 24.3 Å². The van der Waals surface area contributed by atoms with Crippen molar-refractivity contribution in [3.63, 3.8) is 0 Å². The van der Waals surface area contributed by atoms with Crippen LogP contribution in [0.4, 0.5) is 11.4 Å². The van der Waals surface area contributed by atoms with Crippen LogP contribution < -0.4 is 16.0 Å². The number of carbonyl (C=O) groups is 2. The molecule has 162 valence electrons. The Morgan fingerprint density at radius 1 is 1.13 bits per heavy atom. The van der Waals surface area contributed by atoms with Crippen molar-refractivity contribution in [1.82, 2.24) is 4.57 Å². The van der Waals surface area contributed by atoms with Crippen LogP contribution in [-0.2, 0) is 16.1 Å². The minimum Gasteiger partial charge on any atom is -0.465 e. The third kappa shape index (κ3) is 4.47. The molecule has 1 amide bonds. The first-order valence-corrected chi connectivity index (χ1v) is 10.4. The molecule has 8 heteroatoms. The fourth-order valence-corrected chi connectivity index (χ4v) is 3.95. The number of nitrogens with zero attached hydrogens (tertiary/aromatic N) is 2. The molecule has 3 aromatic rings. The number of aromatic nitrogens is 1. The van der Waals surface area contributed by atoms with Crippen LogP contribution >= 0.6 is 0 Å². The number of anilines is 2. The fraction of sp³-hybridized carbons (Fsp3) is 0.348. The molecule has 1 aliphatic heterocycles. The molecule has 0 bridgehead atoms. The molecule has 4 rings (SSSR count). The van der Waals surface area contributed by atoms with Gasteiger partial charge >= 0.3 is 11.7 Å². The van der Waals surface area contributed by atoms with Gasteiger partial charge in [-0.15, -0.1) is 0 Å². The summed E-state index contributed by atoms with van der Waals surface area (Å²) in [5, 5.41) is 2.94. The fourth-order valence-electron chi connectivity index (χ4n) is 3.95. The van der Waals surface area contributed by atoms with Crippen LogP contribution in [0.1, 0.15) is 36.0 Å². The van der Waals surface area contributed by atoms with E-state index >= 15 is 0 Å². The zero-order valence-corrected chi connectivity index (χ0v) is 17.4. The first-order chi connectivity index (χ1) is 15.1. The highest BCUT2D eigenvalue weighted by Crippen LogP contribution is 2.30. The number of carbonyl (C=O) groups excluding carboxylic acids is 2. The van der Waals surface area contributed by atoms with Crippen molar-refractivity contribution in [3.05, 3.63) is 58.6 Å². The number of methoxy groups -OCH3 is 1. The summed E-state index contributed by atoms with van der Waals surface area (Å²) in [6, 6.07) is 12.4. The highest BCUT2D eigenvalue weighted by molar-refractivity contribution is 5.98. The molecule has 0 spiro atoms. The van der Waals surface area contributed by atoms with Gasteiger partial charge in [0.05, 0.1) is 29.6 Å². The lowest BCUT2D eigenvalue weighted by atomic mass is 10.1. The zero-order valence-electron chi connectivity index (χ0n) is 17.4. The average Bonchev–Trinajstić information content (AvgIpc) is 3.41. The van der Waals surface area contributed by atoms with Crippen LogP contribution in [-0.4, -0.2) is 36.6 Å². The number of aryl methyl sites for hydroxylation is 1. The van der Waals surface area contributed by atoms with Gasteiger partial charge < -0.3 is 19.4 Å². The molecule has 2 heterocycles. The largest absolute Gasteiger partial charge is 0.465 e. The summed E-state index contributed by atoms with van der Waals surface area (Å²) >= 11 is 0. The maximum atomic E-state index is 12.7. The second-order valence-electron chi connectivity index (χ2n) is 7.56. The molecule has 1 aliphatic rings. The monoisotopic (exact) mass is 423 g/mol. The Labute approximate surface area is 179 Å². The summed E-state index contributed by atoms with van der Waals surface area (Å²) in [5.74, 6) is -1.05. The van der Waals surface area contributed by atoms with Gasteiger partial charge in [-0.2, -0.15) is 0 Å². The molecule has 2 aromatic carbocycles. The van der Waals surface area contributed by atoms with E-state index in [1.54, 1.807) is 18.2 Å².